The Hall–Kier alpha value is -2.57. The third kappa shape index (κ3) is 5.65. The Bertz CT molecular complexity index is 1280. The number of carbonyl (C=O) groups is 1. The maximum absolute atomic E-state index is 13.5. The highest BCUT2D eigenvalue weighted by atomic mass is 35.5. The highest BCUT2D eigenvalue weighted by Gasteiger charge is 2.39. The van der Waals surface area contributed by atoms with Gasteiger partial charge in [-0.25, -0.2) is 12.8 Å². The number of piperidine rings is 1. The fourth-order valence-electron chi connectivity index (χ4n) is 4.97. The molecule has 0 unspecified atom stereocenters. The van der Waals surface area contributed by atoms with Crippen LogP contribution in [0.1, 0.15) is 25.3 Å². The number of piperazine rings is 1. The molecule has 202 valence electrons. The van der Waals surface area contributed by atoms with Crippen molar-refractivity contribution in [2.45, 2.75) is 36.9 Å². The van der Waals surface area contributed by atoms with Crippen molar-refractivity contribution in [1.82, 2.24) is 4.31 Å². The van der Waals surface area contributed by atoms with Crippen molar-refractivity contribution in [3.63, 3.8) is 0 Å². The standard InChI is InChI=1S/C24H27ClF4N4O3S/c1-15-14-32(21-4-2-17(26)12-19(21)24(27,28)29)10-11-33(15)37(35,36)22-5-3-18(13-20(22)25)31-8-6-16(7-9-31)23(30)34/h2-5,12-13,15-16H,6-11,14H2,1H3,(H2,30,34)/t15-/m1/s1. The van der Waals surface area contributed by atoms with Gasteiger partial charge < -0.3 is 15.5 Å². The van der Waals surface area contributed by atoms with Crippen LogP contribution in [0.2, 0.25) is 5.02 Å². The van der Waals surface area contributed by atoms with Crippen LogP contribution in [0.4, 0.5) is 28.9 Å². The van der Waals surface area contributed by atoms with Crippen LogP contribution < -0.4 is 15.5 Å². The summed E-state index contributed by atoms with van der Waals surface area (Å²) >= 11 is 6.41. The highest BCUT2D eigenvalue weighted by molar-refractivity contribution is 7.89. The van der Waals surface area contributed by atoms with Gasteiger partial charge in [0.05, 0.1) is 10.6 Å². The molecule has 2 N–H and O–H groups in total. The monoisotopic (exact) mass is 562 g/mol. The van der Waals surface area contributed by atoms with E-state index in [9.17, 15) is 30.8 Å². The molecule has 0 spiro atoms. The van der Waals surface area contributed by atoms with Gasteiger partial charge in [-0.1, -0.05) is 11.6 Å². The predicted octanol–water partition coefficient (Wildman–Crippen LogP) is 4.10. The predicted molar refractivity (Wildman–Crippen MR) is 133 cm³/mol. The van der Waals surface area contributed by atoms with E-state index in [1.165, 1.54) is 15.3 Å². The molecule has 2 fully saturated rings. The fourth-order valence-corrected chi connectivity index (χ4v) is 7.10. The van der Waals surface area contributed by atoms with E-state index in [0.29, 0.717) is 32.0 Å². The minimum absolute atomic E-state index is 0.0111. The number of carbonyl (C=O) groups excluding carboxylic acids is 1. The van der Waals surface area contributed by atoms with Crippen LogP contribution in [0.15, 0.2) is 41.3 Å². The maximum Gasteiger partial charge on any atom is 0.418 e. The van der Waals surface area contributed by atoms with Crippen LogP contribution in [-0.2, 0) is 21.0 Å². The summed E-state index contributed by atoms with van der Waals surface area (Å²) in [5, 5.41) is 0.0297. The number of halogens is 5. The molecular weight excluding hydrogens is 536 g/mol. The molecule has 37 heavy (non-hydrogen) atoms. The van der Waals surface area contributed by atoms with Crippen molar-refractivity contribution in [1.29, 1.82) is 0 Å². The number of primary amides is 1. The summed E-state index contributed by atoms with van der Waals surface area (Å²) in [5.74, 6) is -1.52. The number of hydrogen-bond donors (Lipinski definition) is 1. The minimum Gasteiger partial charge on any atom is -0.371 e. The van der Waals surface area contributed by atoms with Gasteiger partial charge >= 0.3 is 6.18 Å². The van der Waals surface area contributed by atoms with Crippen molar-refractivity contribution < 1.29 is 30.8 Å². The lowest BCUT2D eigenvalue weighted by atomic mass is 9.96. The molecule has 2 saturated heterocycles. The van der Waals surface area contributed by atoms with Crippen molar-refractivity contribution >= 4 is 38.9 Å². The Morgan fingerprint density at radius 1 is 1.03 bits per heavy atom. The molecule has 2 aromatic rings. The number of alkyl halides is 3. The molecule has 2 aromatic carbocycles. The first-order valence-electron chi connectivity index (χ1n) is 11.8. The van der Waals surface area contributed by atoms with Gasteiger partial charge in [0, 0.05) is 56.1 Å². The first-order chi connectivity index (χ1) is 17.3. The van der Waals surface area contributed by atoms with Crippen LogP contribution >= 0.6 is 11.6 Å². The molecule has 4 rings (SSSR count). The Morgan fingerprint density at radius 3 is 2.27 bits per heavy atom. The number of anilines is 2. The summed E-state index contributed by atoms with van der Waals surface area (Å²) in [5.41, 5.74) is 4.81. The van der Waals surface area contributed by atoms with Crippen LogP contribution in [-0.4, -0.2) is 57.4 Å². The first kappa shape index (κ1) is 27.5. The summed E-state index contributed by atoms with van der Waals surface area (Å²) in [6.45, 7) is 2.67. The quantitative estimate of drug-likeness (QED) is 0.555. The molecule has 0 aliphatic carbocycles. The zero-order chi connectivity index (χ0) is 27.1. The molecule has 1 atom stereocenters. The summed E-state index contributed by atoms with van der Waals surface area (Å²) in [4.78, 5) is 14.7. The molecule has 1 amide bonds. The van der Waals surface area contributed by atoms with Crippen molar-refractivity contribution in [2.24, 2.45) is 11.7 Å². The van der Waals surface area contributed by atoms with Crippen LogP contribution in [0.25, 0.3) is 0 Å². The Morgan fingerprint density at radius 2 is 1.70 bits per heavy atom. The van der Waals surface area contributed by atoms with E-state index in [1.54, 1.807) is 19.1 Å². The second kappa shape index (κ2) is 10.3. The van der Waals surface area contributed by atoms with E-state index in [-0.39, 0.29) is 47.1 Å². The largest absolute Gasteiger partial charge is 0.418 e. The summed E-state index contributed by atoms with van der Waals surface area (Å²) < 4.78 is 82.2. The lowest BCUT2D eigenvalue weighted by Gasteiger charge is -2.41. The fraction of sp³-hybridized carbons (Fsp3) is 0.458. The van der Waals surface area contributed by atoms with E-state index in [0.717, 1.165) is 17.8 Å². The average Bonchev–Trinajstić information content (AvgIpc) is 2.83. The van der Waals surface area contributed by atoms with Crippen molar-refractivity contribution in [3.05, 3.63) is 52.8 Å². The van der Waals surface area contributed by atoms with Crippen LogP contribution in [0.3, 0.4) is 0 Å². The van der Waals surface area contributed by atoms with Gasteiger partial charge in [-0.2, -0.15) is 17.5 Å². The summed E-state index contributed by atoms with van der Waals surface area (Å²) in [6, 6.07) is 6.43. The molecule has 7 nitrogen and oxygen atoms in total. The number of nitrogens with zero attached hydrogens (tertiary/aromatic N) is 3. The van der Waals surface area contributed by atoms with Gasteiger partial charge in [-0.15, -0.1) is 0 Å². The van der Waals surface area contributed by atoms with Crippen LogP contribution in [0, 0.1) is 11.7 Å². The van der Waals surface area contributed by atoms with Crippen molar-refractivity contribution in [3.8, 4) is 0 Å². The summed E-state index contributed by atoms with van der Waals surface area (Å²) in [6.07, 6.45) is -3.56. The number of benzene rings is 2. The SMILES string of the molecule is C[C@@H]1CN(c2ccc(F)cc2C(F)(F)F)CCN1S(=O)(=O)c1ccc(N2CCC(C(N)=O)CC2)cc1Cl. The third-order valence-corrected chi connectivity index (χ3v) is 9.43. The number of hydrogen-bond acceptors (Lipinski definition) is 5. The van der Waals surface area contributed by atoms with E-state index >= 15 is 0 Å². The lowest BCUT2D eigenvalue weighted by molar-refractivity contribution is -0.137. The van der Waals surface area contributed by atoms with E-state index in [1.807, 2.05) is 4.90 Å². The average molecular weight is 563 g/mol. The van der Waals surface area contributed by atoms with Crippen molar-refractivity contribution in [2.75, 3.05) is 42.5 Å². The topological polar surface area (TPSA) is 87.0 Å². The number of amides is 1. The Kier molecular flexibility index (Phi) is 7.64. The number of rotatable bonds is 5. The normalized spacial score (nSPS) is 20.3. The van der Waals surface area contributed by atoms with Gasteiger partial charge in [0.15, 0.2) is 0 Å². The van der Waals surface area contributed by atoms with Gasteiger partial charge in [0.1, 0.15) is 10.7 Å². The molecule has 13 heteroatoms. The third-order valence-electron chi connectivity index (χ3n) is 6.94. The second-order valence-electron chi connectivity index (χ2n) is 9.35. The van der Waals surface area contributed by atoms with E-state index in [4.69, 9.17) is 17.3 Å². The van der Waals surface area contributed by atoms with Gasteiger partial charge in [-0.05, 0) is 56.2 Å². The maximum atomic E-state index is 13.5. The van der Waals surface area contributed by atoms with E-state index in [2.05, 4.69) is 0 Å². The zero-order valence-corrected chi connectivity index (χ0v) is 21.6. The van der Waals surface area contributed by atoms with Gasteiger partial charge in [0.25, 0.3) is 0 Å². The lowest BCUT2D eigenvalue weighted by Crippen LogP contribution is -2.54. The molecule has 2 heterocycles. The smallest absolute Gasteiger partial charge is 0.371 e. The highest BCUT2D eigenvalue weighted by Crippen LogP contribution is 2.39. The van der Waals surface area contributed by atoms with Gasteiger partial charge in [-0.3, -0.25) is 4.79 Å². The minimum atomic E-state index is -4.76. The molecule has 2 aliphatic heterocycles. The zero-order valence-electron chi connectivity index (χ0n) is 20.0. The molecule has 2 aliphatic rings. The summed E-state index contributed by atoms with van der Waals surface area (Å²) in [7, 11) is -4.05. The molecule has 0 aromatic heterocycles. The molecule has 0 bridgehead atoms. The molecular formula is C24H27ClF4N4O3S. The first-order valence-corrected chi connectivity index (χ1v) is 13.6. The van der Waals surface area contributed by atoms with Crippen LogP contribution in [0.5, 0.6) is 0 Å². The second-order valence-corrected chi connectivity index (χ2v) is 11.6. The number of nitrogens with two attached hydrogens (primary N) is 1. The number of sulfonamides is 1. The Labute approximate surface area is 217 Å². The Balaban J connectivity index is 1.51. The van der Waals surface area contributed by atoms with E-state index < -0.39 is 33.6 Å². The van der Waals surface area contributed by atoms with Gasteiger partial charge in [0.2, 0.25) is 15.9 Å². The molecule has 0 saturated carbocycles. The molecule has 0 radical (unpaired) electrons.